The molecule has 4 amide bonds. The molecule has 38 heavy (non-hydrogen) atoms. The van der Waals surface area contributed by atoms with E-state index in [4.69, 9.17) is 5.11 Å². The predicted octanol–water partition coefficient (Wildman–Crippen LogP) is -1.80. The number of aromatic nitrogens is 3. The SMILES string of the molecule is CNCC(=O)NC(C(=O)NCC(=O)Nc1ccc(CO)c(C(=O)NCc2cn(CC(=O)O)nn2)c1)C(C)C. The number of likely N-dealkylation sites (N-methyl/N-ethyl adjacent to an activating group) is 1. The summed E-state index contributed by atoms with van der Waals surface area (Å²) in [7, 11) is 1.60. The first-order valence-corrected chi connectivity index (χ1v) is 11.7. The van der Waals surface area contributed by atoms with Crippen molar-refractivity contribution in [3.8, 4) is 0 Å². The average Bonchev–Trinajstić information content (AvgIpc) is 3.30. The van der Waals surface area contributed by atoms with Crippen LogP contribution in [0.5, 0.6) is 0 Å². The molecule has 0 aliphatic rings. The highest BCUT2D eigenvalue weighted by Crippen LogP contribution is 2.17. The molecular weight excluding hydrogens is 500 g/mol. The molecule has 0 aliphatic heterocycles. The normalized spacial score (nSPS) is 11.5. The molecule has 0 bridgehead atoms. The Morgan fingerprint density at radius 1 is 1.05 bits per heavy atom. The molecule has 0 saturated heterocycles. The summed E-state index contributed by atoms with van der Waals surface area (Å²) in [6.07, 6.45) is 1.38. The summed E-state index contributed by atoms with van der Waals surface area (Å²) in [5.41, 5.74) is 0.980. The van der Waals surface area contributed by atoms with Gasteiger partial charge in [0.05, 0.1) is 32.4 Å². The Bertz CT molecular complexity index is 1160. The number of carbonyl (C=O) groups is 5. The van der Waals surface area contributed by atoms with Crippen LogP contribution in [0.25, 0.3) is 0 Å². The van der Waals surface area contributed by atoms with Crippen LogP contribution >= 0.6 is 0 Å². The summed E-state index contributed by atoms with van der Waals surface area (Å²) >= 11 is 0. The number of anilines is 1. The van der Waals surface area contributed by atoms with Crippen molar-refractivity contribution < 1.29 is 34.2 Å². The highest BCUT2D eigenvalue weighted by atomic mass is 16.4. The number of hydrogen-bond acceptors (Lipinski definition) is 9. The minimum absolute atomic E-state index is 0.0433. The van der Waals surface area contributed by atoms with Crippen molar-refractivity contribution >= 4 is 35.3 Å². The number of benzene rings is 1. The fourth-order valence-corrected chi connectivity index (χ4v) is 3.31. The molecule has 1 unspecified atom stereocenters. The van der Waals surface area contributed by atoms with Crippen molar-refractivity contribution in [1.29, 1.82) is 0 Å². The van der Waals surface area contributed by atoms with Gasteiger partial charge in [0.2, 0.25) is 17.7 Å². The lowest BCUT2D eigenvalue weighted by molar-refractivity contribution is -0.138. The second-order valence-electron chi connectivity index (χ2n) is 8.60. The molecule has 0 aliphatic carbocycles. The fraction of sp³-hybridized carbons (Fsp3) is 0.435. The van der Waals surface area contributed by atoms with Crippen LogP contribution in [0.2, 0.25) is 0 Å². The fourth-order valence-electron chi connectivity index (χ4n) is 3.31. The third-order valence-electron chi connectivity index (χ3n) is 5.15. The maximum absolute atomic E-state index is 12.7. The second-order valence-corrected chi connectivity index (χ2v) is 8.60. The topological polar surface area (TPSA) is 217 Å². The zero-order valence-electron chi connectivity index (χ0n) is 21.3. The molecule has 0 fully saturated rings. The smallest absolute Gasteiger partial charge is 0.325 e. The first kappa shape index (κ1) is 29.9. The lowest BCUT2D eigenvalue weighted by atomic mass is 10.0. The zero-order chi connectivity index (χ0) is 28.2. The first-order chi connectivity index (χ1) is 18.0. The number of rotatable bonds is 14. The van der Waals surface area contributed by atoms with Crippen LogP contribution in [-0.2, 0) is 38.9 Å². The number of hydrogen-bond donors (Lipinski definition) is 7. The van der Waals surface area contributed by atoms with Crippen LogP contribution in [0, 0.1) is 5.92 Å². The second kappa shape index (κ2) is 14.4. The van der Waals surface area contributed by atoms with Gasteiger partial charge < -0.3 is 36.8 Å². The number of amides is 4. The molecule has 15 nitrogen and oxygen atoms in total. The average molecular weight is 533 g/mol. The number of nitrogens with one attached hydrogen (secondary N) is 5. The predicted molar refractivity (Wildman–Crippen MR) is 134 cm³/mol. The number of aliphatic hydroxyl groups is 1. The van der Waals surface area contributed by atoms with Crippen molar-refractivity contribution in [1.82, 2.24) is 36.3 Å². The van der Waals surface area contributed by atoms with Crippen molar-refractivity contribution in [2.75, 3.05) is 25.5 Å². The van der Waals surface area contributed by atoms with Gasteiger partial charge in [-0.15, -0.1) is 5.10 Å². The van der Waals surface area contributed by atoms with Gasteiger partial charge in [0.1, 0.15) is 18.3 Å². The van der Waals surface area contributed by atoms with E-state index in [1.807, 2.05) is 0 Å². The van der Waals surface area contributed by atoms with Gasteiger partial charge in [-0.1, -0.05) is 25.1 Å². The van der Waals surface area contributed by atoms with Gasteiger partial charge in [0.25, 0.3) is 5.91 Å². The Labute approximate surface area is 218 Å². The standard InChI is InChI=1S/C23H32N8O7/c1-13(2)21(28-18(33)8-24-3)23(38)26-9-19(34)27-15-5-4-14(12-32)17(6-15)22(37)25-7-16-10-31(30-29-16)11-20(35)36/h4-6,10,13,21,24,32H,7-9,11-12H2,1-3H3,(H,25,37)(H,26,38)(H,27,34)(H,28,33)(H,35,36). The molecule has 1 aromatic heterocycles. The number of aliphatic carboxylic acids is 1. The third-order valence-corrected chi connectivity index (χ3v) is 5.15. The van der Waals surface area contributed by atoms with Gasteiger partial charge in [0, 0.05) is 11.3 Å². The zero-order valence-corrected chi connectivity index (χ0v) is 21.3. The molecular formula is C23H32N8O7. The minimum atomic E-state index is -1.09. The van der Waals surface area contributed by atoms with E-state index in [0.29, 0.717) is 11.3 Å². The van der Waals surface area contributed by atoms with Gasteiger partial charge in [-0.2, -0.15) is 0 Å². The van der Waals surface area contributed by atoms with Crippen molar-refractivity contribution in [2.24, 2.45) is 5.92 Å². The monoisotopic (exact) mass is 532 g/mol. The van der Waals surface area contributed by atoms with E-state index in [2.05, 4.69) is 36.9 Å². The van der Waals surface area contributed by atoms with E-state index in [1.165, 1.54) is 24.4 Å². The van der Waals surface area contributed by atoms with E-state index in [-0.39, 0.29) is 49.3 Å². The number of carboxylic acid groups (broad SMARTS) is 1. The van der Waals surface area contributed by atoms with Gasteiger partial charge in [0.15, 0.2) is 0 Å². The Hall–Kier alpha value is -4.37. The van der Waals surface area contributed by atoms with Crippen molar-refractivity contribution in [3.05, 3.63) is 41.2 Å². The van der Waals surface area contributed by atoms with E-state index in [0.717, 1.165) is 4.68 Å². The van der Waals surface area contributed by atoms with E-state index in [1.54, 1.807) is 20.9 Å². The minimum Gasteiger partial charge on any atom is -0.480 e. The summed E-state index contributed by atoms with van der Waals surface area (Å²) in [5, 5.41) is 38.8. The van der Waals surface area contributed by atoms with Gasteiger partial charge in [-0.25, -0.2) is 4.68 Å². The lowest BCUT2D eigenvalue weighted by Crippen LogP contribution is -2.52. The van der Waals surface area contributed by atoms with Crippen molar-refractivity contribution in [3.63, 3.8) is 0 Å². The van der Waals surface area contributed by atoms with E-state index in [9.17, 15) is 29.1 Å². The molecule has 0 saturated carbocycles. The molecule has 15 heteroatoms. The summed E-state index contributed by atoms with van der Waals surface area (Å²) in [6.45, 7) is 2.34. The number of aliphatic hydroxyl groups excluding tert-OH is 1. The molecule has 206 valence electrons. The number of nitrogens with zero attached hydrogens (tertiary/aromatic N) is 3. The Kier molecular flexibility index (Phi) is 11.3. The molecule has 7 N–H and O–H groups in total. The molecule has 2 rings (SSSR count). The maximum atomic E-state index is 12.7. The van der Waals surface area contributed by atoms with E-state index >= 15 is 0 Å². The van der Waals surface area contributed by atoms with Crippen LogP contribution in [0.15, 0.2) is 24.4 Å². The van der Waals surface area contributed by atoms with Crippen LogP contribution in [0.1, 0.15) is 35.5 Å². The lowest BCUT2D eigenvalue weighted by Gasteiger charge is -2.21. The Balaban J connectivity index is 1.98. The largest absolute Gasteiger partial charge is 0.480 e. The first-order valence-electron chi connectivity index (χ1n) is 11.7. The van der Waals surface area contributed by atoms with Crippen molar-refractivity contribution in [2.45, 2.75) is 39.6 Å². The van der Waals surface area contributed by atoms with Gasteiger partial charge in [-0.05, 0) is 30.7 Å². The van der Waals surface area contributed by atoms with Crippen LogP contribution < -0.4 is 26.6 Å². The van der Waals surface area contributed by atoms with Gasteiger partial charge in [-0.3, -0.25) is 24.0 Å². The Morgan fingerprint density at radius 2 is 1.79 bits per heavy atom. The summed E-state index contributed by atoms with van der Waals surface area (Å²) in [5.74, 6) is -3.31. The molecule has 1 atom stereocenters. The summed E-state index contributed by atoms with van der Waals surface area (Å²) in [4.78, 5) is 60.2. The molecule has 0 radical (unpaired) electrons. The summed E-state index contributed by atoms with van der Waals surface area (Å²) in [6, 6.07) is 3.51. The maximum Gasteiger partial charge on any atom is 0.325 e. The quantitative estimate of drug-likeness (QED) is 0.145. The molecule has 0 spiro atoms. The van der Waals surface area contributed by atoms with Gasteiger partial charge >= 0.3 is 5.97 Å². The number of carbonyl (C=O) groups excluding carboxylic acids is 4. The van der Waals surface area contributed by atoms with Crippen LogP contribution in [0.3, 0.4) is 0 Å². The molecule has 1 heterocycles. The number of carboxylic acids is 1. The van der Waals surface area contributed by atoms with Crippen LogP contribution in [-0.4, -0.2) is 81.0 Å². The molecule has 1 aromatic carbocycles. The molecule has 2 aromatic rings. The highest BCUT2D eigenvalue weighted by molar-refractivity contribution is 5.99. The third kappa shape index (κ3) is 9.25. The van der Waals surface area contributed by atoms with Crippen LogP contribution in [0.4, 0.5) is 5.69 Å². The Morgan fingerprint density at radius 3 is 2.42 bits per heavy atom. The summed E-state index contributed by atoms with van der Waals surface area (Å²) < 4.78 is 1.11. The highest BCUT2D eigenvalue weighted by Gasteiger charge is 2.24. The van der Waals surface area contributed by atoms with E-state index < -0.39 is 36.3 Å².